The number of nitrogens with zero attached hydrogens (tertiary/aromatic N) is 4. The fourth-order valence-electron chi connectivity index (χ4n) is 4.91. The minimum atomic E-state index is -0.515. The molecule has 4 aromatic rings. The summed E-state index contributed by atoms with van der Waals surface area (Å²) in [4.78, 5) is 23.0. The van der Waals surface area contributed by atoms with Gasteiger partial charge >= 0.3 is 0 Å². The zero-order valence-electron chi connectivity index (χ0n) is 18.8. The molecule has 35 heavy (non-hydrogen) atoms. The highest BCUT2D eigenvalue weighted by Gasteiger charge is 2.39. The van der Waals surface area contributed by atoms with Gasteiger partial charge in [0.1, 0.15) is 12.1 Å². The monoisotopic (exact) mass is 488 g/mol. The molecule has 2 unspecified atom stereocenters. The van der Waals surface area contributed by atoms with E-state index in [-0.39, 0.29) is 11.6 Å². The van der Waals surface area contributed by atoms with Crippen molar-refractivity contribution >= 4 is 34.4 Å². The number of carbonyl (C=O) groups excluding carboxylic acids is 1. The van der Waals surface area contributed by atoms with Crippen LogP contribution in [0.1, 0.15) is 51.2 Å². The molecular formula is C25H21FN6O2S. The predicted molar refractivity (Wildman–Crippen MR) is 131 cm³/mol. The number of hydrogen-bond donors (Lipinski definition) is 2. The van der Waals surface area contributed by atoms with Gasteiger partial charge in [-0.3, -0.25) is 4.79 Å². The fourth-order valence-corrected chi connectivity index (χ4v) is 6.20. The lowest BCUT2D eigenvalue weighted by Crippen LogP contribution is -2.11. The van der Waals surface area contributed by atoms with Crippen LogP contribution in [0.4, 0.5) is 21.6 Å². The number of thiophene rings is 1. The molecule has 3 heterocycles. The number of carbonyl (C=O) groups is 1. The lowest BCUT2D eigenvalue weighted by molar-refractivity contribution is 0.103. The third-order valence-corrected chi connectivity index (χ3v) is 7.90. The first-order chi connectivity index (χ1) is 17.1. The number of anilines is 3. The molecule has 0 radical (unpaired) electrons. The van der Waals surface area contributed by atoms with Crippen LogP contribution in [0, 0.1) is 5.82 Å². The zero-order chi connectivity index (χ0) is 23.9. The first-order valence-corrected chi connectivity index (χ1v) is 12.1. The molecule has 2 aliphatic rings. The van der Waals surface area contributed by atoms with E-state index in [4.69, 9.17) is 4.74 Å². The number of methoxy groups -OCH3 is 1. The van der Waals surface area contributed by atoms with E-state index in [9.17, 15) is 9.18 Å². The Hall–Kier alpha value is -3.92. The lowest BCUT2D eigenvalue weighted by atomic mass is 9.99. The first kappa shape index (κ1) is 21.6. The molecule has 1 fully saturated rings. The van der Waals surface area contributed by atoms with Crippen LogP contribution in [0.5, 0.6) is 5.75 Å². The van der Waals surface area contributed by atoms with Gasteiger partial charge in [-0.2, -0.15) is 10.2 Å². The third kappa shape index (κ3) is 3.99. The Bertz CT molecular complexity index is 1410. The van der Waals surface area contributed by atoms with Crippen molar-refractivity contribution < 1.29 is 13.9 Å². The molecule has 0 spiro atoms. The summed E-state index contributed by atoms with van der Waals surface area (Å²) in [5, 5.41) is 14.1. The van der Waals surface area contributed by atoms with Crippen molar-refractivity contribution in [3.05, 3.63) is 70.2 Å². The molecule has 6 rings (SSSR count). The summed E-state index contributed by atoms with van der Waals surface area (Å²) in [6, 6.07) is 8.23. The van der Waals surface area contributed by atoms with Crippen molar-refractivity contribution in [3.8, 4) is 17.0 Å². The number of hydrogen-bond acceptors (Lipinski definition) is 8. The quantitative estimate of drug-likeness (QED) is 0.369. The molecule has 0 aliphatic heterocycles. The Morgan fingerprint density at radius 1 is 1.17 bits per heavy atom. The second-order valence-electron chi connectivity index (χ2n) is 8.68. The molecule has 1 saturated carbocycles. The summed E-state index contributed by atoms with van der Waals surface area (Å²) < 4.78 is 19.9. The Morgan fingerprint density at radius 3 is 2.91 bits per heavy atom. The van der Waals surface area contributed by atoms with Crippen LogP contribution in [0.15, 0.2) is 49.1 Å². The van der Waals surface area contributed by atoms with Crippen molar-refractivity contribution in [3.63, 3.8) is 0 Å². The number of fused-ring (bicyclic) bond motifs is 5. The number of halogens is 1. The highest BCUT2D eigenvalue weighted by molar-refractivity contribution is 7.14. The number of rotatable bonds is 6. The van der Waals surface area contributed by atoms with Crippen molar-refractivity contribution in [2.75, 3.05) is 17.7 Å². The minimum Gasteiger partial charge on any atom is -0.491 e. The summed E-state index contributed by atoms with van der Waals surface area (Å²) in [5.74, 6) is 1.31. The van der Waals surface area contributed by atoms with Crippen LogP contribution in [-0.2, 0) is 0 Å². The van der Waals surface area contributed by atoms with E-state index in [1.54, 1.807) is 30.6 Å². The highest BCUT2D eigenvalue weighted by atomic mass is 32.1. The van der Waals surface area contributed by atoms with Gasteiger partial charge in [-0.25, -0.2) is 14.4 Å². The van der Waals surface area contributed by atoms with Crippen molar-refractivity contribution in [1.29, 1.82) is 0 Å². The number of nitrogens with one attached hydrogen (secondary N) is 2. The van der Waals surface area contributed by atoms with Gasteiger partial charge in [0, 0.05) is 10.4 Å². The molecule has 2 atom stereocenters. The van der Waals surface area contributed by atoms with Crippen LogP contribution in [0.25, 0.3) is 11.3 Å². The number of benzene rings is 1. The van der Waals surface area contributed by atoms with Crippen molar-refractivity contribution in [1.82, 2.24) is 20.2 Å². The maximum absolute atomic E-state index is 14.6. The van der Waals surface area contributed by atoms with E-state index in [2.05, 4.69) is 30.8 Å². The molecule has 1 amide bonds. The average molecular weight is 489 g/mol. The number of amides is 1. The Labute approximate surface area is 204 Å². The molecular weight excluding hydrogens is 467 g/mol. The first-order valence-electron chi connectivity index (χ1n) is 11.3. The van der Waals surface area contributed by atoms with Crippen LogP contribution in [0.3, 0.4) is 0 Å². The topological polar surface area (TPSA) is 102 Å². The second kappa shape index (κ2) is 8.70. The molecule has 2 bridgehead atoms. The highest BCUT2D eigenvalue weighted by Crippen LogP contribution is 2.55. The average Bonchev–Trinajstić information content (AvgIpc) is 3.60. The van der Waals surface area contributed by atoms with Crippen LogP contribution < -0.4 is 15.4 Å². The summed E-state index contributed by atoms with van der Waals surface area (Å²) in [6.07, 6.45) is 8.11. The SMILES string of the molecule is COc1cncnc1Nc1cnnc(-c2ccc(F)c(NC(=O)c3cc4c(s3)C3CCC4C3)c2)c1. The maximum atomic E-state index is 14.6. The van der Waals surface area contributed by atoms with E-state index in [1.165, 1.54) is 60.5 Å². The Kier molecular flexibility index (Phi) is 5.37. The van der Waals surface area contributed by atoms with Gasteiger partial charge in [0.2, 0.25) is 0 Å². The van der Waals surface area contributed by atoms with Gasteiger partial charge in [-0.1, -0.05) is 0 Å². The molecule has 10 heteroatoms. The molecule has 2 N–H and O–H groups in total. The van der Waals surface area contributed by atoms with Crippen LogP contribution in [-0.4, -0.2) is 33.2 Å². The van der Waals surface area contributed by atoms with E-state index < -0.39 is 5.82 Å². The van der Waals surface area contributed by atoms with Crippen molar-refractivity contribution in [2.45, 2.75) is 31.1 Å². The fraction of sp³-hybridized carbons (Fsp3) is 0.240. The van der Waals surface area contributed by atoms with Gasteiger partial charge in [0.25, 0.3) is 5.91 Å². The van der Waals surface area contributed by atoms with E-state index in [0.717, 1.165) is 0 Å². The third-order valence-electron chi connectivity index (χ3n) is 6.58. The Balaban J connectivity index is 1.23. The van der Waals surface area contributed by atoms with E-state index in [1.807, 2.05) is 6.07 Å². The molecule has 0 saturated heterocycles. The van der Waals surface area contributed by atoms with E-state index >= 15 is 0 Å². The molecule has 1 aromatic carbocycles. The number of aromatic nitrogens is 4. The van der Waals surface area contributed by atoms with Gasteiger partial charge in [0.15, 0.2) is 11.6 Å². The molecule has 176 valence electrons. The van der Waals surface area contributed by atoms with Gasteiger partial charge in [-0.05, 0) is 67.0 Å². The normalized spacial score (nSPS) is 17.8. The van der Waals surface area contributed by atoms with Gasteiger partial charge < -0.3 is 15.4 Å². The smallest absolute Gasteiger partial charge is 0.265 e. The zero-order valence-corrected chi connectivity index (χ0v) is 19.6. The maximum Gasteiger partial charge on any atom is 0.265 e. The molecule has 2 aliphatic carbocycles. The summed E-state index contributed by atoms with van der Waals surface area (Å²) in [6.45, 7) is 0. The molecule has 8 nitrogen and oxygen atoms in total. The van der Waals surface area contributed by atoms with Gasteiger partial charge in [-0.15, -0.1) is 11.3 Å². The predicted octanol–water partition coefficient (Wildman–Crippen LogP) is 5.50. The number of ether oxygens (including phenoxy) is 1. The van der Waals surface area contributed by atoms with Crippen molar-refractivity contribution in [2.24, 2.45) is 0 Å². The van der Waals surface area contributed by atoms with E-state index in [0.29, 0.717) is 45.2 Å². The second-order valence-corrected chi connectivity index (χ2v) is 9.76. The Morgan fingerprint density at radius 2 is 2.06 bits per heavy atom. The summed E-state index contributed by atoms with van der Waals surface area (Å²) >= 11 is 1.54. The molecule has 3 aromatic heterocycles. The standard InChI is InChI=1S/C25H21FN6O2S/c1-34-21-11-27-12-28-24(21)30-16-8-19(32-29-10-16)14-4-5-18(26)20(7-14)31-25(33)22-9-17-13-2-3-15(6-13)23(17)35-22/h4-5,7-13,15H,2-3,6H2,1H3,(H,31,33)(H,27,28,30,32). The van der Waals surface area contributed by atoms with Crippen LogP contribution in [0.2, 0.25) is 0 Å². The van der Waals surface area contributed by atoms with Gasteiger partial charge in [0.05, 0.1) is 41.4 Å². The summed E-state index contributed by atoms with van der Waals surface area (Å²) in [7, 11) is 1.53. The largest absolute Gasteiger partial charge is 0.491 e. The van der Waals surface area contributed by atoms with Crippen LogP contribution >= 0.6 is 11.3 Å². The lowest BCUT2D eigenvalue weighted by Gasteiger charge is -2.11. The summed E-state index contributed by atoms with van der Waals surface area (Å²) in [5.41, 5.74) is 3.14. The minimum absolute atomic E-state index is 0.0988.